The molecule has 0 radical (unpaired) electrons. The van der Waals surface area contributed by atoms with Crippen molar-refractivity contribution in [3.63, 3.8) is 0 Å². The van der Waals surface area contributed by atoms with Crippen LogP contribution in [0.15, 0.2) is 254 Å². The number of carbonyl (C=O) groups is 5. The topological polar surface area (TPSA) is 131 Å². The normalized spacial score (nSPS) is 15.3. The lowest BCUT2D eigenvalue weighted by Crippen LogP contribution is -3.00. The Morgan fingerprint density at radius 1 is 0.551 bits per heavy atom. The van der Waals surface area contributed by atoms with Crippen LogP contribution in [0, 0.1) is 0 Å². The van der Waals surface area contributed by atoms with E-state index in [2.05, 4.69) is 47.0 Å². The number of rotatable bonds is 20. The molecule has 8 aromatic rings. The molecule has 3 atom stereocenters. The maximum atomic E-state index is 15.4. The summed E-state index contributed by atoms with van der Waals surface area (Å²) in [6.07, 6.45) is -0.896. The lowest BCUT2D eigenvalue weighted by Gasteiger charge is -2.50. The first-order valence-electron chi connectivity index (χ1n) is 25.8. The summed E-state index contributed by atoms with van der Waals surface area (Å²) >= 11 is 1.51. The number of fused-ring (bicyclic) bond motifs is 1. The molecule has 78 heavy (non-hydrogen) atoms. The molecule has 10 nitrogen and oxygen atoms in total. The van der Waals surface area contributed by atoms with Crippen LogP contribution in [-0.4, -0.2) is 63.9 Å². The van der Waals surface area contributed by atoms with Crippen molar-refractivity contribution in [3.8, 4) is 0 Å². The Morgan fingerprint density at radius 3 is 1.38 bits per heavy atom. The van der Waals surface area contributed by atoms with Crippen LogP contribution in [0.5, 0.6) is 0 Å². The molecule has 2 aliphatic rings. The molecule has 2 unspecified atom stereocenters. The molecule has 0 bridgehead atoms. The van der Waals surface area contributed by atoms with Gasteiger partial charge < -0.3 is 44.1 Å². The maximum absolute atomic E-state index is 15.4. The van der Waals surface area contributed by atoms with Crippen LogP contribution in [0.25, 0.3) is 0 Å². The van der Waals surface area contributed by atoms with Gasteiger partial charge >= 0.3 is 11.9 Å². The SMILES string of the molecule is O=C(CCCC(NC(=O)c1ccccc1)C(=O)OC(c1ccccc1)c1ccccc1)NC1C(=O)N2C(C(=O)OC(c3ccccc3)c3ccccc3)=C(C[P+](c3ccccc3)(c3ccccc3)c3ccccc3)CS[C@H]12.[I-]. The van der Waals surface area contributed by atoms with Crippen LogP contribution >= 0.6 is 19.0 Å². The molecule has 2 heterocycles. The van der Waals surface area contributed by atoms with Crippen molar-refractivity contribution in [1.29, 1.82) is 0 Å². The van der Waals surface area contributed by atoms with Crippen molar-refractivity contribution >= 4 is 64.6 Å². The fourth-order valence-corrected chi connectivity index (χ4v) is 16.0. The van der Waals surface area contributed by atoms with E-state index < -0.39 is 66.6 Å². The van der Waals surface area contributed by atoms with Gasteiger partial charge in [0.25, 0.3) is 11.8 Å². The molecule has 1 saturated heterocycles. The summed E-state index contributed by atoms with van der Waals surface area (Å²) in [7, 11) is -2.57. The minimum absolute atomic E-state index is 0. The summed E-state index contributed by atoms with van der Waals surface area (Å²) in [5, 5.41) is 8.61. The Morgan fingerprint density at radius 2 is 0.949 bits per heavy atom. The number of hydrogen-bond acceptors (Lipinski definition) is 8. The van der Waals surface area contributed by atoms with Crippen molar-refractivity contribution < 1.29 is 57.4 Å². The van der Waals surface area contributed by atoms with Crippen LogP contribution in [0.4, 0.5) is 0 Å². The highest BCUT2D eigenvalue weighted by molar-refractivity contribution is 8.00. The molecule has 0 saturated carbocycles. The quantitative estimate of drug-likeness (QED) is 0.0353. The molecule has 10 rings (SSSR count). The smallest absolute Gasteiger partial charge is 0.356 e. The number of esters is 2. The number of benzene rings is 8. The number of nitrogens with zero attached hydrogens (tertiary/aromatic N) is 1. The summed E-state index contributed by atoms with van der Waals surface area (Å²) in [6, 6.07) is 75.6. The molecule has 0 aromatic heterocycles. The third kappa shape index (κ3) is 12.4. The van der Waals surface area contributed by atoms with Gasteiger partial charge in [0.15, 0.2) is 12.2 Å². The Labute approximate surface area is 477 Å². The van der Waals surface area contributed by atoms with E-state index in [1.165, 1.54) is 16.7 Å². The maximum Gasteiger partial charge on any atom is 0.356 e. The zero-order chi connectivity index (χ0) is 53.0. The molecule has 0 aliphatic carbocycles. The predicted molar refractivity (Wildman–Crippen MR) is 305 cm³/mol. The summed E-state index contributed by atoms with van der Waals surface area (Å²) in [5.74, 6) is -2.20. The lowest BCUT2D eigenvalue weighted by atomic mass is 10.0. The van der Waals surface area contributed by atoms with E-state index in [1.807, 2.05) is 176 Å². The summed E-state index contributed by atoms with van der Waals surface area (Å²) in [4.78, 5) is 73.5. The fraction of sp³-hybridized carbons (Fsp3) is 0.154. The van der Waals surface area contributed by atoms with Gasteiger partial charge in [-0.3, -0.25) is 19.3 Å². The van der Waals surface area contributed by atoms with Gasteiger partial charge in [0.2, 0.25) is 5.91 Å². The van der Waals surface area contributed by atoms with E-state index in [-0.39, 0.29) is 48.9 Å². The van der Waals surface area contributed by atoms with E-state index in [0.29, 0.717) is 17.5 Å². The highest BCUT2D eigenvalue weighted by Gasteiger charge is 2.57. The fourth-order valence-electron chi connectivity index (χ4n) is 10.2. The molecule has 13 heteroatoms. The molecule has 3 amide bonds. The first-order valence-corrected chi connectivity index (χ1v) is 28.8. The minimum Gasteiger partial charge on any atom is -1.00 e. The van der Waals surface area contributed by atoms with Gasteiger partial charge in [-0.15, -0.1) is 11.8 Å². The zero-order valence-corrected chi connectivity index (χ0v) is 46.4. The standard InChI is InChI=1S/C65H56N3O7PS.HI/c69-56(43-25-42-55(66-61(70)50-34-17-5-18-35-50)64(72)74-59(46-26-9-1-10-27-46)47-28-11-2-12-29-47)67-57-62(71)68-58(65(73)75-60(48-30-13-3-14-31-48)49-32-15-4-16-33-49)51(45-77-63(57)68)44-76(52-36-19-6-20-37-52,53-38-21-7-22-39-53)54-40-23-8-24-41-54;/h1-24,26-41,55,57,59-60,63H,25,42-45H2,(H-,66,67,69,70);1H/t55?,57?,63-;/m1./s1. The molecule has 2 N–H and O–H groups in total. The van der Waals surface area contributed by atoms with Crippen molar-refractivity contribution in [3.05, 3.63) is 282 Å². The molecule has 0 spiro atoms. The zero-order valence-electron chi connectivity index (χ0n) is 42.6. The Kier molecular flexibility index (Phi) is 18.5. The molecular weight excluding hydrogens is 1120 g/mol. The van der Waals surface area contributed by atoms with Crippen molar-refractivity contribution in [2.75, 3.05) is 11.9 Å². The number of thioether (sulfide) groups is 1. The van der Waals surface area contributed by atoms with E-state index in [9.17, 15) is 19.2 Å². The number of ether oxygens (including phenoxy) is 2. The molecule has 392 valence electrons. The number of nitrogens with one attached hydrogen (secondary N) is 2. The van der Waals surface area contributed by atoms with Gasteiger partial charge in [-0.05, 0) is 83.6 Å². The van der Waals surface area contributed by atoms with Crippen LogP contribution in [0.1, 0.15) is 64.1 Å². The Hall–Kier alpha value is -7.64. The third-order valence-corrected chi connectivity index (χ3v) is 19.7. The van der Waals surface area contributed by atoms with E-state index >= 15 is 4.79 Å². The van der Waals surface area contributed by atoms with Gasteiger partial charge in [0.05, 0.1) is 6.16 Å². The van der Waals surface area contributed by atoms with Crippen LogP contribution in [0.2, 0.25) is 0 Å². The van der Waals surface area contributed by atoms with Crippen molar-refractivity contribution in [2.45, 2.75) is 48.9 Å². The molecule has 1 fully saturated rings. The number of halogens is 1. The number of carbonyl (C=O) groups excluding carboxylic acids is 5. The van der Waals surface area contributed by atoms with Gasteiger partial charge in [-0.25, -0.2) is 9.59 Å². The Bertz CT molecular complexity index is 3160. The Balaban J connectivity index is 0.00000740. The average molecular weight is 1180 g/mol. The summed E-state index contributed by atoms with van der Waals surface area (Å²) in [5.41, 5.74) is 4.40. The molecule has 2 aliphatic heterocycles. The molecular formula is C65H57IN3O7PS. The summed E-state index contributed by atoms with van der Waals surface area (Å²) in [6.45, 7) is 0. The van der Waals surface area contributed by atoms with Gasteiger partial charge in [0, 0.05) is 23.3 Å². The highest BCUT2D eigenvalue weighted by atomic mass is 127. The third-order valence-electron chi connectivity index (χ3n) is 14.0. The summed E-state index contributed by atoms with van der Waals surface area (Å²) < 4.78 is 12.8. The van der Waals surface area contributed by atoms with Gasteiger partial charge in [-0.2, -0.15) is 0 Å². The van der Waals surface area contributed by atoms with Crippen LogP contribution in [0.3, 0.4) is 0 Å². The first kappa shape index (κ1) is 55.1. The van der Waals surface area contributed by atoms with Crippen LogP contribution < -0.4 is 50.5 Å². The number of amides is 3. The van der Waals surface area contributed by atoms with Crippen molar-refractivity contribution in [2.24, 2.45) is 0 Å². The minimum atomic E-state index is -2.57. The second kappa shape index (κ2) is 26.1. The van der Waals surface area contributed by atoms with Gasteiger partial charge in [-0.1, -0.05) is 194 Å². The second-order valence-corrected chi connectivity index (χ2v) is 23.5. The van der Waals surface area contributed by atoms with E-state index in [1.54, 1.807) is 30.3 Å². The van der Waals surface area contributed by atoms with Crippen molar-refractivity contribution in [1.82, 2.24) is 15.5 Å². The average Bonchev–Trinajstić information content (AvgIpc) is 3.68. The second-order valence-electron chi connectivity index (χ2n) is 18.9. The highest BCUT2D eigenvalue weighted by Crippen LogP contribution is 2.58. The van der Waals surface area contributed by atoms with E-state index in [0.717, 1.165) is 43.7 Å². The van der Waals surface area contributed by atoms with Crippen LogP contribution in [-0.2, 0) is 28.7 Å². The largest absolute Gasteiger partial charge is 1.00 e. The van der Waals surface area contributed by atoms with E-state index in [4.69, 9.17) is 9.47 Å². The number of hydrogen-bond donors (Lipinski definition) is 2. The monoisotopic (exact) mass is 1180 g/mol. The van der Waals surface area contributed by atoms with Gasteiger partial charge in [0.1, 0.15) is 46.3 Å². The number of β-lactam (4-membered cyclic amide) rings is 1. The lowest BCUT2D eigenvalue weighted by molar-refractivity contribution is -0.154. The molecule has 8 aromatic carbocycles. The predicted octanol–water partition coefficient (Wildman–Crippen LogP) is 7.27. The first-order chi connectivity index (χ1) is 37.8.